The number of hydrogen-bond donors (Lipinski definition) is 0. The van der Waals surface area contributed by atoms with Crippen molar-refractivity contribution in [2.24, 2.45) is 0 Å². The zero-order valence-electron chi connectivity index (χ0n) is 8.65. The van der Waals surface area contributed by atoms with E-state index in [1.165, 1.54) is 12.1 Å². The molecule has 0 fully saturated rings. The molecule has 1 aromatic rings. The second kappa shape index (κ2) is 4.85. The number of hydrogen-bond acceptors (Lipinski definition) is 3. The van der Waals surface area contributed by atoms with Crippen LogP contribution in [0.3, 0.4) is 0 Å². The van der Waals surface area contributed by atoms with Crippen LogP contribution in [0.25, 0.3) is 0 Å². The minimum atomic E-state index is -3.17. The molecule has 0 radical (unpaired) electrons. The van der Waals surface area contributed by atoms with Crippen molar-refractivity contribution in [3.05, 3.63) is 24.3 Å². The molecule has 0 aromatic heterocycles. The van der Waals surface area contributed by atoms with Gasteiger partial charge in [-0.05, 0) is 25.1 Å². The van der Waals surface area contributed by atoms with Crippen LogP contribution in [0.2, 0.25) is 0 Å². The van der Waals surface area contributed by atoms with Crippen molar-refractivity contribution in [3.63, 3.8) is 0 Å². The van der Waals surface area contributed by atoms with E-state index in [1.54, 1.807) is 19.1 Å². The first-order chi connectivity index (χ1) is 7.04. The zero-order valence-corrected chi connectivity index (χ0v) is 9.47. The highest BCUT2D eigenvalue weighted by molar-refractivity contribution is 7.90. The van der Waals surface area contributed by atoms with Gasteiger partial charge < -0.3 is 4.74 Å². The highest BCUT2D eigenvalue weighted by Gasteiger charge is 2.07. The summed E-state index contributed by atoms with van der Waals surface area (Å²) in [6, 6.07) is 6.37. The molecule has 3 nitrogen and oxygen atoms in total. The SMILES string of the molecule is CC#CCOc1cccc(S(C)(=O)=O)c1. The lowest BCUT2D eigenvalue weighted by Crippen LogP contribution is -1.99. The predicted octanol–water partition coefficient (Wildman–Crippen LogP) is 1.49. The van der Waals surface area contributed by atoms with Crippen LogP contribution >= 0.6 is 0 Å². The lowest BCUT2D eigenvalue weighted by atomic mass is 10.3. The summed E-state index contributed by atoms with van der Waals surface area (Å²) >= 11 is 0. The molecule has 0 N–H and O–H groups in total. The standard InChI is InChI=1S/C11H12O3S/c1-3-4-8-14-10-6-5-7-11(9-10)15(2,12)13/h5-7,9H,8H2,1-2H3. The Morgan fingerprint density at radius 1 is 1.40 bits per heavy atom. The molecule has 0 aliphatic rings. The van der Waals surface area contributed by atoms with Crippen molar-refractivity contribution in [3.8, 4) is 17.6 Å². The Bertz CT molecular complexity index is 492. The van der Waals surface area contributed by atoms with Gasteiger partial charge in [-0.3, -0.25) is 0 Å². The average molecular weight is 224 g/mol. The minimum absolute atomic E-state index is 0.254. The lowest BCUT2D eigenvalue weighted by molar-refractivity contribution is 0.369. The number of ether oxygens (including phenoxy) is 1. The van der Waals surface area contributed by atoms with Gasteiger partial charge in [-0.25, -0.2) is 8.42 Å². The molecule has 0 saturated heterocycles. The lowest BCUT2D eigenvalue weighted by Gasteiger charge is -2.03. The topological polar surface area (TPSA) is 43.4 Å². The molecule has 0 unspecified atom stereocenters. The van der Waals surface area contributed by atoms with E-state index in [0.29, 0.717) is 5.75 Å². The molecule has 15 heavy (non-hydrogen) atoms. The number of benzene rings is 1. The van der Waals surface area contributed by atoms with Crippen LogP contribution in [-0.2, 0) is 9.84 Å². The van der Waals surface area contributed by atoms with E-state index in [1.807, 2.05) is 0 Å². The summed E-state index contributed by atoms with van der Waals surface area (Å²) in [5, 5.41) is 0. The highest BCUT2D eigenvalue weighted by atomic mass is 32.2. The van der Waals surface area contributed by atoms with Crippen molar-refractivity contribution in [1.29, 1.82) is 0 Å². The van der Waals surface area contributed by atoms with Crippen molar-refractivity contribution >= 4 is 9.84 Å². The van der Waals surface area contributed by atoms with Gasteiger partial charge in [0.05, 0.1) is 4.90 Å². The molecule has 0 aliphatic carbocycles. The van der Waals surface area contributed by atoms with Crippen LogP contribution in [0.5, 0.6) is 5.75 Å². The maximum atomic E-state index is 11.2. The Morgan fingerprint density at radius 3 is 2.73 bits per heavy atom. The summed E-state index contributed by atoms with van der Waals surface area (Å²) in [5.74, 6) is 5.94. The van der Waals surface area contributed by atoms with Crippen LogP contribution < -0.4 is 4.74 Å². The van der Waals surface area contributed by atoms with Gasteiger partial charge in [-0.2, -0.15) is 0 Å². The van der Waals surface area contributed by atoms with Crippen LogP contribution in [0.4, 0.5) is 0 Å². The first kappa shape index (κ1) is 11.6. The Morgan fingerprint density at radius 2 is 2.13 bits per heavy atom. The molecular formula is C11H12O3S. The molecule has 0 spiro atoms. The zero-order chi connectivity index (χ0) is 11.3. The molecule has 0 saturated carbocycles. The molecule has 0 amide bonds. The van der Waals surface area contributed by atoms with Crippen molar-refractivity contribution in [1.82, 2.24) is 0 Å². The maximum Gasteiger partial charge on any atom is 0.175 e. The Labute approximate surface area is 90.0 Å². The van der Waals surface area contributed by atoms with E-state index in [-0.39, 0.29) is 11.5 Å². The second-order valence-electron chi connectivity index (χ2n) is 2.96. The summed E-state index contributed by atoms with van der Waals surface area (Å²) in [6.07, 6.45) is 1.16. The maximum absolute atomic E-state index is 11.2. The van der Waals surface area contributed by atoms with E-state index >= 15 is 0 Å². The Hall–Kier alpha value is -1.47. The summed E-state index contributed by atoms with van der Waals surface area (Å²) in [5.41, 5.74) is 0. The number of rotatable bonds is 3. The third-order valence-electron chi connectivity index (χ3n) is 1.72. The van der Waals surface area contributed by atoms with Gasteiger partial charge in [0.1, 0.15) is 12.4 Å². The average Bonchev–Trinajstić information content (AvgIpc) is 2.17. The second-order valence-corrected chi connectivity index (χ2v) is 4.98. The summed E-state index contributed by atoms with van der Waals surface area (Å²) in [4.78, 5) is 0.254. The summed E-state index contributed by atoms with van der Waals surface area (Å²) in [7, 11) is -3.17. The van der Waals surface area contributed by atoms with Crippen LogP contribution in [0.1, 0.15) is 6.92 Å². The summed E-state index contributed by atoms with van der Waals surface area (Å²) in [6.45, 7) is 1.99. The van der Waals surface area contributed by atoms with Gasteiger partial charge in [-0.1, -0.05) is 12.0 Å². The largest absolute Gasteiger partial charge is 0.481 e. The quantitative estimate of drug-likeness (QED) is 0.731. The molecule has 1 rings (SSSR count). The molecule has 80 valence electrons. The molecule has 0 heterocycles. The van der Waals surface area contributed by atoms with Crippen LogP contribution in [0, 0.1) is 11.8 Å². The third kappa shape index (κ3) is 3.64. The van der Waals surface area contributed by atoms with Gasteiger partial charge in [0.25, 0.3) is 0 Å². The fraction of sp³-hybridized carbons (Fsp3) is 0.273. The third-order valence-corrected chi connectivity index (χ3v) is 2.83. The smallest absolute Gasteiger partial charge is 0.175 e. The van der Waals surface area contributed by atoms with Gasteiger partial charge >= 0.3 is 0 Å². The molecule has 0 aliphatic heterocycles. The normalized spacial score (nSPS) is 10.3. The van der Waals surface area contributed by atoms with E-state index in [0.717, 1.165) is 6.26 Å². The van der Waals surface area contributed by atoms with E-state index < -0.39 is 9.84 Å². The highest BCUT2D eigenvalue weighted by Crippen LogP contribution is 2.16. The first-order valence-electron chi connectivity index (χ1n) is 4.36. The Kier molecular flexibility index (Phi) is 3.75. The number of sulfone groups is 1. The fourth-order valence-corrected chi connectivity index (χ4v) is 1.64. The van der Waals surface area contributed by atoms with Crippen molar-refractivity contribution in [2.75, 3.05) is 12.9 Å². The molecule has 0 bridgehead atoms. The molecule has 4 heteroatoms. The van der Waals surface area contributed by atoms with Gasteiger partial charge in [0.15, 0.2) is 9.84 Å². The monoisotopic (exact) mass is 224 g/mol. The van der Waals surface area contributed by atoms with Crippen molar-refractivity contribution < 1.29 is 13.2 Å². The molecular weight excluding hydrogens is 212 g/mol. The fourth-order valence-electron chi connectivity index (χ4n) is 0.986. The van der Waals surface area contributed by atoms with Crippen LogP contribution in [0.15, 0.2) is 29.2 Å². The first-order valence-corrected chi connectivity index (χ1v) is 6.25. The van der Waals surface area contributed by atoms with Gasteiger partial charge in [0.2, 0.25) is 0 Å². The minimum Gasteiger partial charge on any atom is -0.481 e. The molecule has 1 aromatic carbocycles. The predicted molar refractivity (Wildman–Crippen MR) is 58.5 cm³/mol. The molecule has 0 atom stereocenters. The van der Waals surface area contributed by atoms with Gasteiger partial charge in [0, 0.05) is 6.26 Å². The Balaban J connectivity index is 2.87. The van der Waals surface area contributed by atoms with Gasteiger partial charge in [-0.15, -0.1) is 5.92 Å². The van der Waals surface area contributed by atoms with Crippen LogP contribution in [-0.4, -0.2) is 21.3 Å². The van der Waals surface area contributed by atoms with E-state index in [4.69, 9.17) is 4.74 Å². The van der Waals surface area contributed by atoms with Crippen molar-refractivity contribution in [2.45, 2.75) is 11.8 Å². The van der Waals surface area contributed by atoms with E-state index in [9.17, 15) is 8.42 Å². The van der Waals surface area contributed by atoms with E-state index in [2.05, 4.69) is 11.8 Å². The summed E-state index contributed by atoms with van der Waals surface area (Å²) < 4.78 is 27.7.